The van der Waals surface area contributed by atoms with Gasteiger partial charge in [0.05, 0.1) is 18.5 Å². The summed E-state index contributed by atoms with van der Waals surface area (Å²) < 4.78 is 10.9. The third-order valence-electron chi connectivity index (χ3n) is 3.63. The van der Waals surface area contributed by atoms with Crippen LogP contribution in [0.15, 0.2) is 12.3 Å². The fourth-order valence-electron chi connectivity index (χ4n) is 1.76. The largest absolute Gasteiger partial charge is 0.477 e. The number of aromatic nitrogens is 1. The maximum absolute atomic E-state index is 12.2. The number of hydrogen-bond donors (Lipinski definition) is 1. The van der Waals surface area contributed by atoms with Crippen molar-refractivity contribution in [3.63, 3.8) is 0 Å². The van der Waals surface area contributed by atoms with Crippen molar-refractivity contribution in [1.82, 2.24) is 4.98 Å². The zero-order chi connectivity index (χ0) is 15.9. The van der Waals surface area contributed by atoms with E-state index in [1.807, 2.05) is 19.9 Å². The molecule has 0 fully saturated rings. The lowest BCUT2D eigenvalue weighted by molar-refractivity contribution is -0.136. The molecule has 1 aromatic heterocycles. The predicted octanol–water partition coefficient (Wildman–Crippen LogP) is 3.32. The number of amides is 1. The molecule has 1 N–H and O–H groups in total. The lowest BCUT2D eigenvalue weighted by atomic mass is 10.0. The van der Waals surface area contributed by atoms with Crippen LogP contribution in [0.2, 0.25) is 0 Å². The Bertz CT molecular complexity index is 471. The Labute approximate surface area is 127 Å². The first kappa shape index (κ1) is 17.4. The third kappa shape index (κ3) is 4.70. The van der Waals surface area contributed by atoms with Crippen LogP contribution in [0, 0.1) is 6.92 Å². The minimum Gasteiger partial charge on any atom is -0.477 e. The summed E-state index contributed by atoms with van der Waals surface area (Å²) >= 11 is 0. The predicted molar refractivity (Wildman–Crippen MR) is 83.7 cm³/mol. The molecule has 0 spiro atoms. The summed E-state index contributed by atoms with van der Waals surface area (Å²) in [6.07, 6.45) is 4.29. The van der Waals surface area contributed by atoms with Crippen LogP contribution in [0.4, 0.5) is 5.69 Å². The average Bonchev–Trinajstić information content (AvgIpc) is 2.48. The molecule has 0 saturated carbocycles. The van der Waals surface area contributed by atoms with Crippen LogP contribution in [-0.4, -0.2) is 30.2 Å². The van der Waals surface area contributed by atoms with Gasteiger partial charge in [-0.25, -0.2) is 4.98 Å². The van der Waals surface area contributed by atoms with Crippen LogP contribution < -0.4 is 10.1 Å². The van der Waals surface area contributed by atoms with Crippen LogP contribution in [0.25, 0.3) is 0 Å². The summed E-state index contributed by atoms with van der Waals surface area (Å²) in [5.74, 6) is 0.444. The zero-order valence-corrected chi connectivity index (χ0v) is 13.7. The average molecular weight is 294 g/mol. The summed E-state index contributed by atoms with van der Waals surface area (Å²) in [6.45, 7) is 8.37. The number of hydrogen-bond acceptors (Lipinski definition) is 4. The van der Waals surface area contributed by atoms with Gasteiger partial charge in [0, 0.05) is 12.7 Å². The van der Waals surface area contributed by atoms with E-state index in [0.29, 0.717) is 24.6 Å². The molecular weight excluding hydrogens is 268 g/mol. The molecule has 0 radical (unpaired) electrons. The van der Waals surface area contributed by atoms with E-state index in [1.54, 1.807) is 13.1 Å². The minimum atomic E-state index is -0.829. The van der Waals surface area contributed by atoms with Crippen LogP contribution in [0.5, 0.6) is 5.88 Å². The van der Waals surface area contributed by atoms with E-state index >= 15 is 0 Å². The quantitative estimate of drug-likeness (QED) is 0.747. The van der Waals surface area contributed by atoms with Crippen molar-refractivity contribution < 1.29 is 14.3 Å². The second-order valence-electron chi connectivity index (χ2n) is 5.29. The van der Waals surface area contributed by atoms with Crippen molar-refractivity contribution in [1.29, 1.82) is 0 Å². The fraction of sp³-hybridized carbons (Fsp3) is 0.625. The van der Waals surface area contributed by atoms with Gasteiger partial charge in [0.1, 0.15) is 5.60 Å². The van der Waals surface area contributed by atoms with Crippen LogP contribution in [0.1, 0.15) is 45.6 Å². The molecule has 0 aliphatic heterocycles. The molecule has 5 nitrogen and oxygen atoms in total. The number of carbonyl (C=O) groups excluding carboxylic acids is 1. The lowest BCUT2D eigenvalue weighted by Gasteiger charge is -2.25. The van der Waals surface area contributed by atoms with E-state index in [0.717, 1.165) is 18.4 Å². The Balaban J connectivity index is 2.73. The number of unbranched alkanes of at least 4 members (excludes halogenated alkanes) is 1. The summed E-state index contributed by atoms with van der Waals surface area (Å²) in [7, 11) is 1.54. The van der Waals surface area contributed by atoms with Gasteiger partial charge in [0.2, 0.25) is 5.88 Å². The molecule has 1 atom stereocenters. The van der Waals surface area contributed by atoms with Gasteiger partial charge in [-0.15, -0.1) is 0 Å². The lowest BCUT2D eigenvalue weighted by Crippen LogP contribution is -2.41. The molecule has 0 aromatic carbocycles. The molecule has 0 bridgehead atoms. The van der Waals surface area contributed by atoms with Crippen molar-refractivity contribution in [2.45, 2.75) is 52.6 Å². The molecule has 0 unspecified atom stereocenters. The highest BCUT2D eigenvalue weighted by Gasteiger charge is 2.31. The maximum atomic E-state index is 12.2. The van der Waals surface area contributed by atoms with Crippen molar-refractivity contribution >= 4 is 11.6 Å². The summed E-state index contributed by atoms with van der Waals surface area (Å²) in [5.41, 5.74) is 0.723. The van der Waals surface area contributed by atoms with Gasteiger partial charge >= 0.3 is 0 Å². The molecule has 21 heavy (non-hydrogen) atoms. The first-order valence-corrected chi connectivity index (χ1v) is 7.42. The monoisotopic (exact) mass is 294 g/mol. The first-order valence-electron chi connectivity index (χ1n) is 7.42. The maximum Gasteiger partial charge on any atom is 0.256 e. The fourth-order valence-corrected chi connectivity index (χ4v) is 1.76. The first-order chi connectivity index (χ1) is 9.96. The molecular formula is C16H26N2O3. The topological polar surface area (TPSA) is 60.5 Å². The Morgan fingerprint density at radius 3 is 2.67 bits per heavy atom. The molecule has 0 aliphatic rings. The number of anilines is 1. The third-order valence-corrected chi connectivity index (χ3v) is 3.63. The summed E-state index contributed by atoms with van der Waals surface area (Å²) in [4.78, 5) is 16.5. The molecule has 1 heterocycles. The number of nitrogens with one attached hydrogen (secondary N) is 1. The van der Waals surface area contributed by atoms with Crippen molar-refractivity contribution in [3.8, 4) is 5.88 Å². The van der Waals surface area contributed by atoms with Gasteiger partial charge in [-0.2, -0.15) is 0 Å². The number of methoxy groups -OCH3 is 1. The van der Waals surface area contributed by atoms with Gasteiger partial charge in [-0.1, -0.05) is 20.3 Å². The zero-order valence-electron chi connectivity index (χ0n) is 13.7. The van der Waals surface area contributed by atoms with E-state index in [1.165, 1.54) is 7.11 Å². The number of nitrogens with zero attached hydrogens (tertiary/aromatic N) is 1. The van der Waals surface area contributed by atoms with Crippen LogP contribution in [0.3, 0.4) is 0 Å². The summed E-state index contributed by atoms with van der Waals surface area (Å²) in [6, 6.07) is 1.86. The highest BCUT2D eigenvalue weighted by Crippen LogP contribution is 2.21. The molecule has 0 saturated heterocycles. The molecule has 5 heteroatoms. The van der Waals surface area contributed by atoms with Crippen molar-refractivity contribution in [3.05, 3.63) is 17.8 Å². The molecule has 118 valence electrons. The standard InChI is InChI=1S/C16H26N2O3/c1-6-8-9-21-14-12(3)10-13(11-17-14)18-15(19)16(4,7-2)20-5/h10-11H,6-9H2,1-5H3,(H,18,19)/t16-/m0/s1. The SMILES string of the molecule is CCCCOc1ncc(NC(=O)[C@](C)(CC)OC)cc1C. The highest BCUT2D eigenvalue weighted by molar-refractivity contribution is 5.96. The second kappa shape index (κ2) is 7.98. The van der Waals surface area contributed by atoms with Gasteiger partial charge < -0.3 is 14.8 Å². The number of ether oxygens (including phenoxy) is 2. The van der Waals surface area contributed by atoms with Crippen molar-refractivity contribution in [2.24, 2.45) is 0 Å². The van der Waals surface area contributed by atoms with E-state index in [-0.39, 0.29) is 5.91 Å². The number of aryl methyl sites for hydroxylation is 1. The smallest absolute Gasteiger partial charge is 0.256 e. The second-order valence-corrected chi connectivity index (χ2v) is 5.29. The number of carbonyl (C=O) groups is 1. The van der Waals surface area contributed by atoms with E-state index in [2.05, 4.69) is 17.2 Å². The van der Waals surface area contributed by atoms with E-state index < -0.39 is 5.60 Å². The molecule has 1 rings (SSSR count). The highest BCUT2D eigenvalue weighted by atomic mass is 16.5. The molecule has 0 aliphatic carbocycles. The summed E-state index contributed by atoms with van der Waals surface area (Å²) in [5, 5.41) is 2.84. The molecule has 1 aromatic rings. The number of rotatable bonds is 8. The van der Waals surface area contributed by atoms with Gasteiger partial charge in [-0.05, 0) is 32.8 Å². The van der Waals surface area contributed by atoms with Crippen LogP contribution >= 0.6 is 0 Å². The van der Waals surface area contributed by atoms with Gasteiger partial charge in [0.15, 0.2) is 0 Å². The van der Waals surface area contributed by atoms with E-state index in [9.17, 15) is 4.79 Å². The van der Waals surface area contributed by atoms with Crippen LogP contribution in [-0.2, 0) is 9.53 Å². The number of pyridine rings is 1. The van der Waals surface area contributed by atoms with Gasteiger partial charge in [-0.3, -0.25) is 4.79 Å². The minimum absolute atomic E-state index is 0.173. The normalized spacial score (nSPS) is 13.6. The Morgan fingerprint density at radius 1 is 1.43 bits per heavy atom. The Morgan fingerprint density at radius 2 is 2.14 bits per heavy atom. The molecule has 1 amide bonds. The van der Waals surface area contributed by atoms with Gasteiger partial charge in [0.25, 0.3) is 5.91 Å². The van der Waals surface area contributed by atoms with Crippen molar-refractivity contribution in [2.75, 3.05) is 19.0 Å². The van der Waals surface area contributed by atoms with E-state index in [4.69, 9.17) is 9.47 Å². The Hall–Kier alpha value is -1.62. The Kier molecular flexibility index (Phi) is 6.62.